The van der Waals surface area contributed by atoms with E-state index in [1.165, 1.54) is 16.8 Å². The average Bonchev–Trinajstić information content (AvgIpc) is 3.21. The number of benzene rings is 2. The molecule has 4 aromatic rings. The second kappa shape index (κ2) is 7.24. The Balaban J connectivity index is 1.42. The van der Waals surface area contributed by atoms with Crippen molar-refractivity contribution >= 4 is 17.0 Å². The number of fused-ring (bicyclic) bond motifs is 1. The second-order valence-corrected chi connectivity index (χ2v) is 7.72. The molecule has 29 heavy (non-hydrogen) atoms. The lowest BCUT2D eigenvalue weighted by Gasteiger charge is -2.36. The summed E-state index contributed by atoms with van der Waals surface area (Å²) in [6.45, 7) is 8.17. The van der Waals surface area contributed by atoms with Crippen LogP contribution in [0.1, 0.15) is 11.1 Å². The lowest BCUT2D eigenvalue weighted by atomic mass is 10.0. The topological polar surface area (TPSA) is 36.7 Å². The maximum atomic E-state index is 4.81. The molecule has 0 aliphatic carbocycles. The summed E-state index contributed by atoms with van der Waals surface area (Å²) in [5.41, 5.74) is 7.08. The predicted octanol–water partition coefficient (Wildman–Crippen LogP) is 4.34. The van der Waals surface area contributed by atoms with Gasteiger partial charge in [-0.3, -0.25) is 0 Å². The molecule has 5 heteroatoms. The Hall–Kier alpha value is -3.34. The SMILES string of the molecule is Cc1ccc(-c2cc3c(N4CCN(c5ccccc5)CC4)nccn3n2)cc1C. The van der Waals surface area contributed by atoms with Crippen molar-refractivity contribution in [3.8, 4) is 11.3 Å². The van der Waals surface area contributed by atoms with E-state index in [0.29, 0.717) is 0 Å². The maximum absolute atomic E-state index is 4.81. The van der Waals surface area contributed by atoms with Crippen molar-refractivity contribution in [3.05, 3.63) is 78.1 Å². The summed E-state index contributed by atoms with van der Waals surface area (Å²) < 4.78 is 1.95. The van der Waals surface area contributed by atoms with Gasteiger partial charge in [0.25, 0.3) is 0 Å². The Morgan fingerprint density at radius 3 is 2.31 bits per heavy atom. The summed E-state index contributed by atoms with van der Waals surface area (Å²) in [5, 5.41) is 4.81. The highest BCUT2D eigenvalue weighted by Gasteiger charge is 2.21. The Morgan fingerprint density at radius 1 is 0.793 bits per heavy atom. The van der Waals surface area contributed by atoms with Gasteiger partial charge in [0.2, 0.25) is 0 Å². The molecule has 2 aromatic carbocycles. The number of aromatic nitrogens is 3. The predicted molar refractivity (Wildman–Crippen MR) is 119 cm³/mol. The zero-order valence-corrected chi connectivity index (χ0v) is 16.9. The van der Waals surface area contributed by atoms with Crippen molar-refractivity contribution in [1.82, 2.24) is 14.6 Å². The summed E-state index contributed by atoms with van der Waals surface area (Å²) >= 11 is 0. The van der Waals surface area contributed by atoms with E-state index in [1.54, 1.807) is 0 Å². The average molecular weight is 383 g/mol. The number of piperazine rings is 1. The number of aryl methyl sites for hydroxylation is 2. The van der Waals surface area contributed by atoms with Crippen molar-refractivity contribution in [3.63, 3.8) is 0 Å². The van der Waals surface area contributed by atoms with Crippen LogP contribution in [0, 0.1) is 13.8 Å². The second-order valence-electron chi connectivity index (χ2n) is 7.72. The summed E-state index contributed by atoms with van der Waals surface area (Å²) in [4.78, 5) is 9.53. The largest absolute Gasteiger partial charge is 0.368 e. The van der Waals surface area contributed by atoms with Gasteiger partial charge in [-0.15, -0.1) is 0 Å². The molecule has 0 unspecified atom stereocenters. The molecule has 0 radical (unpaired) electrons. The zero-order valence-electron chi connectivity index (χ0n) is 16.9. The lowest BCUT2D eigenvalue weighted by Crippen LogP contribution is -2.47. The fourth-order valence-electron chi connectivity index (χ4n) is 4.01. The van der Waals surface area contributed by atoms with Gasteiger partial charge < -0.3 is 9.80 Å². The van der Waals surface area contributed by atoms with Gasteiger partial charge in [-0.05, 0) is 49.2 Å². The molecule has 0 amide bonds. The van der Waals surface area contributed by atoms with E-state index < -0.39 is 0 Å². The molecule has 0 saturated carbocycles. The van der Waals surface area contributed by atoms with Gasteiger partial charge in [0.05, 0.1) is 5.69 Å². The molecule has 1 saturated heterocycles. The van der Waals surface area contributed by atoms with Crippen LogP contribution in [-0.2, 0) is 0 Å². The van der Waals surface area contributed by atoms with Gasteiger partial charge in [0.1, 0.15) is 5.52 Å². The van der Waals surface area contributed by atoms with E-state index in [9.17, 15) is 0 Å². The Kier molecular flexibility index (Phi) is 4.43. The lowest BCUT2D eigenvalue weighted by molar-refractivity contribution is 0.647. The normalized spacial score (nSPS) is 14.6. The van der Waals surface area contributed by atoms with Crippen LogP contribution in [0.5, 0.6) is 0 Å². The number of rotatable bonds is 3. The molecule has 5 rings (SSSR count). The van der Waals surface area contributed by atoms with Crippen molar-refractivity contribution in [2.75, 3.05) is 36.0 Å². The first-order chi connectivity index (χ1) is 14.2. The van der Waals surface area contributed by atoms with Gasteiger partial charge >= 0.3 is 0 Å². The third-order valence-corrected chi connectivity index (χ3v) is 5.87. The van der Waals surface area contributed by atoms with Crippen LogP contribution in [0.2, 0.25) is 0 Å². The summed E-state index contributed by atoms with van der Waals surface area (Å²) in [7, 11) is 0. The third-order valence-electron chi connectivity index (χ3n) is 5.87. The van der Waals surface area contributed by atoms with E-state index in [2.05, 4.69) is 78.2 Å². The quantitative estimate of drug-likeness (QED) is 0.527. The van der Waals surface area contributed by atoms with E-state index in [1.807, 2.05) is 16.9 Å². The van der Waals surface area contributed by atoms with E-state index in [4.69, 9.17) is 10.1 Å². The van der Waals surface area contributed by atoms with Gasteiger partial charge in [0.15, 0.2) is 5.82 Å². The molecule has 5 nitrogen and oxygen atoms in total. The van der Waals surface area contributed by atoms with Crippen LogP contribution in [-0.4, -0.2) is 40.8 Å². The van der Waals surface area contributed by atoms with Crippen LogP contribution in [0.3, 0.4) is 0 Å². The first-order valence-electron chi connectivity index (χ1n) is 10.2. The molecular formula is C24H25N5. The number of nitrogens with zero attached hydrogens (tertiary/aromatic N) is 5. The van der Waals surface area contributed by atoms with E-state index in [0.717, 1.165) is 48.8 Å². The van der Waals surface area contributed by atoms with Crippen molar-refractivity contribution in [2.45, 2.75) is 13.8 Å². The standard InChI is InChI=1S/C24H25N5/c1-18-8-9-20(16-19(18)2)22-17-23-24(25-10-11-29(23)26-22)28-14-12-27(13-15-28)21-6-4-3-5-7-21/h3-11,16-17H,12-15H2,1-2H3. The number of para-hydroxylation sites is 1. The molecule has 0 atom stereocenters. The molecule has 0 N–H and O–H groups in total. The molecule has 0 spiro atoms. The van der Waals surface area contributed by atoms with Crippen molar-refractivity contribution in [2.24, 2.45) is 0 Å². The minimum atomic E-state index is 0.950. The number of hydrogen-bond acceptors (Lipinski definition) is 4. The van der Waals surface area contributed by atoms with Crippen LogP contribution < -0.4 is 9.80 Å². The highest BCUT2D eigenvalue weighted by Crippen LogP contribution is 2.27. The smallest absolute Gasteiger partial charge is 0.154 e. The Labute approximate surface area is 171 Å². The van der Waals surface area contributed by atoms with Crippen LogP contribution in [0.15, 0.2) is 67.0 Å². The molecule has 0 bridgehead atoms. The number of anilines is 2. The van der Waals surface area contributed by atoms with Crippen LogP contribution in [0.25, 0.3) is 16.8 Å². The van der Waals surface area contributed by atoms with Gasteiger partial charge in [0, 0.05) is 49.8 Å². The summed E-state index contributed by atoms with van der Waals surface area (Å²) in [6, 6.07) is 19.3. The third kappa shape index (κ3) is 3.33. The fourth-order valence-corrected chi connectivity index (χ4v) is 4.01. The highest BCUT2D eigenvalue weighted by molar-refractivity contribution is 5.76. The van der Waals surface area contributed by atoms with E-state index in [-0.39, 0.29) is 0 Å². The molecule has 1 fully saturated rings. The van der Waals surface area contributed by atoms with E-state index >= 15 is 0 Å². The zero-order chi connectivity index (χ0) is 19.8. The molecule has 2 aromatic heterocycles. The van der Waals surface area contributed by atoms with Crippen LogP contribution in [0.4, 0.5) is 11.5 Å². The Morgan fingerprint density at radius 2 is 1.55 bits per heavy atom. The van der Waals surface area contributed by atoms with Crippen molar-refractivity contribution in [1.29, 1.82) is 0 Å². The minimum absolute atomic E-state index is 0.950. The summed E-state index contributed by atoms with van der Waals surface area (Å²) in [5.74, 6) is 1.02. The number of hydrogen-bond donors (Lipinski definition) is 0. The van der Waals surface area contributed by atoms with Crippen LogP contribution >= 0.6 is 0 Å². The fraction of sp³-hybridized carbons (Fsp3) is 0.250. The Bertz CT molecular complexity index is 1140. The van der Waals surface area contributed by atoms with Gasteiger partial charge in [-0.2, -0.15) is 5.10 Å². The van der Waals surface area contributed by atoms with Gasteiger partial charge in [-0.1, -0.05) is 30.3 Å². The molecular weight excluding hydrogens is 358 g/mol. The monoisotopic (exact) mass is 383 g/mol. The molecule has 3 heterocycles. The van der Waals surface area contributed by atoms with Gasteiger partial charge in [-0.25, -0.2) is 9.50 Å². The maximum Gasteiger partial charge on any atom is 0.154 e. The molecule has 1 aliphatic heterocycles. The molecule has 146 valence electrons. The summed E-state index contributed by atoms with van der Waals surface area (Å²) in [6.07, 6.45) is 3.78. The highest BCUT2D eigenvalue weighted by atomic mass is 15.3. The van der Waals surface area contributed by atoms with Crippen molar-refractivity contribution < 1.29 is 0 Å². The first kappa shape index (κ1) is 17.7. The minimum Gasteiger partial charge on any atom is -0.368 e. The first-order valence-corrected chi connectivity index (χ1v) is 10.2. The molecule has 1 aliphatic rings.